The van der Waals surface area contributed by atoms with Gasteiger partial charge in [0.05, 0.1) is 12.6 Å². The summed E-state index contributed by atoms with van der Waals surface area (Å²) < 4.78 is 10.6. The van der Waals surface area contributed by atoms with Gasteiger partial charge in [0.1, 0.15) is 11.5 Å². The first kappa shape index (κ1) is 18.3. The number of rotatable bonds is 8. The maximum atomic E-state index is 12.2. The number of carbonyl (C=O) groups is 1. The van der Waals surface area contributed by atoms with E-state index in [0.717, 1.165) is 18.7 Å². The van der Waals surface area contributed by atoms with Crippen LogP contribution in [0.15, 0.2) is 34.9 Å². The molecule has 0 spiro atoms. The summed E-state index contributed by atoms with van der Waals surface area (Å²) in [4.78, 5) is 14.1. The number of aromatic nitrogens is 1. The molecule has 2 aromatic rings. The maximum absolute atomic E-state index is 12.2. The van der Waals surface area contributed by atoms with Crippen LogP contribution in [-0.4, -0.2) is 42.2 Å². The first-order valence-corrected chi connectivity index (χ1v) is 8.16. The van der Waals surface area contributed by atoms with Gasteiger partial charge in [-0.25, -0.2) is 0 Å². The van der Waals surface area contributed by atoms with Gasteiger partial charge in [-0.15, -0.1) is 0 Å². The highest BCUT2D eigenvalue weighted by molar-refractivity contribution is 6.30. The normalized spacial score (nSPS) is 12.2. The topological polar surface area (TPSA) is 67.6 Å². The Morgan fingerprint density at radius 1 is 1.46 bits per heavy atom. The van der Waals surface area contributed by atoms with Crippen molar-refractivity contribution in [1.82, 2.24) is 10.1 Å². The Morgan fingerprint density at radius 3 is 2.92 bits per heavy atom. The fourth-order valence-corrected chi connectivity index (χ4v) is 2.29. The molecule has 24 heavy (non-hydrogen) atoms. The largest absolute Gasteiger partial charge is 0.493 e. The molecule has 1 aromatic heterocycles. The number of carbonyl (C=O) groups excluding carboxylic acids is 1. The van der Waals surface area contributed by atoms with Gasteiger partial charge in [0.25, 0.3) is 0 Å². The number of aryl methyl sites for hydroxylation is 1. The maximum Gasteiger partial charge on any atom is 0.242 e. The van der Waals surface area contributed by atoms with Crippen LogP contribution in [0.25, 0.3) is 0 Å². The van der Waals surface area contributed by atoms with E-state index in [1.54, 1.807) is 25.1 Å². The molecule has 0 aliphatic carbocycles. The van der Waals surface area contributed by atoms with Crippen molar-refractivity contribution in [3.05, 3.63) is 41.1 Å². The molecule has 2 rings (SSSR count). The molecule has 0 radical (unpaired) electrons. The van der Waals surface area contributed by atoms with Crippen molar-refractivity contribution in [3.8, 4) is 5.75 Å². The van der Waals surface area contributed by atoms with Crippen LogP contribution < -0.4 is 10.1 Å². The molecule has 1 heterocycles. The third-order valence-electron chi connectivity index (χ3n) is 3.64. The van der Waals surface area contributed by atoms with Gasteiger partial charge in [-0.05, 0) is 45.5 Å². The SMILES string of the molecule is Cc1cc(NC(=O)[C@H](C)N(C)CCCOc2cccc(Cl)c2)no1. The summed E-state index contributed by atoms with van der Waals surface area (Å²) in [5, 5.41) is 7.14. The number of anilines is 1. The third-order valence-corrected chi connectivity index (χ3v) is 3.87. The molecular weight excluding hydrogens is 330 g/mol. The lowest BCUT2D eigenvalue weighted by atomic mass is 10.2. The van der Waals surface area contributed by atoms with E-state index in [1.807, 2.05) is 31.0 Å². The Bertz CT molecular complexity index is 675. The number of halogens is 1. The van der Waals surface area contributed by atoms with Crippen molar-refractivity contribution in [2.75, 3.05) is 25.5 Å². The van der Waals surface area contributed by atoms with Gasteiger partial charge in [0, 0.05) is 17.6 Å². The standard InChI is InChI=1S/C17H22ClN3O3/c1-12-10-16(20-24-12)19-17(22)13(2)21(3)8-5-9-23-15-7-4-6-14(18)11-15/h4,6-7,10-11,13H,5,8-9H2,1-3H3,(H,19,20,22)/t13-/m0/s1. The van der Waals surface area contributed by atoms with Gasteiger partial charge in [0.15, 0.2) is 5.82 Å². The van der Waals surface area contributed by atoms with Gasteiger partial charge < -0.3 is 14.6 Å². The number of amides is 1. The molecule has 0 aliphatic heterocycles. The van der Waals surface area contributed by atoms with Crippen molar-refractivity contribution in [1.29, 1.82) is 0 Å². The van der Waals surface area contributed by atoms with Crippen LogP contribution in [0.2, 0.25) is 5.02 Å². The molecule has 0 aliphatic rings. The second kappa shape index (κ2) is 8.70. The number of nitrogens with zero attached hydrogens (tertiary/aromatic N) is 2. The van der Waals surface area contributed by atoms with Crippen LogP contribution in [0.5, 0.6) is 5.75 Å². The molecule has 7 heteroatoms. The second-order valence-corrected chi connectivity index (χ2v) is 6.06. The van der Waals surface area contributed by atoms with Crippen LogP contribution in [0.1, 0.15) is 19.1 Å². The van der Waals surface area contributed by atoms with E-state index < -0.39 is 0 Å². The first-order chi connectivity index (χ1) is 11.5. The van der Waals surface area contributed by atoms with Crippen molar-refractivity contribution in [2.24, 2.45) is 0 Å². The Balaban J connectivity index is 1.71. The second-order valence-electron chi connectivity index (χ2n) is 5.63. The minimum absolute atomic E-state index is 0.124. The molecule has 130 valence electrons. The Hall–Kier alpha value is -2.05. The molecule has 1 atom stereocenters. The summed E-state index contributed by atoms with van der Waals surface area (Å²) in [6.45, 7) is 4.91. The lowest BCUT2D eigenvalue weighted by Crippen LogP contribution is -2.40. The summed E-state index contributed by atoms with van der Waals surface area (Å²) in [7, 11) is 1.90. The third kappa shape index (κ3) is 5.54. The van der Waals surface area contributed by atoms with E-state index in [9.17, 15) is 4.79 Å². The monoisotopic (exact) mass is 351 g/mol. The minimum atomic E-state index is -0.284. The number of nitrogens with one attached hydrogen (secondary N) is 1. The van der Waals surface area contributed by atoms with Crippen LogP contribution in [0.4, 0.5) is 5.82 Å². The predicted octanol–water partition coefficient (Wildman–Crippen LogP) is 3.36. The molecule has 0 saturated heterocycles. The van der Waals surface area contributed by atoms with Gasteiger partial charge in [0.2, 0.25) is 5.91 Å². The smallest absolute Gasteiger partial charge is 0.242 e. The molecule has 6 nitrogen and oxygen atoms in total. The fraction of sp³-hybridized carbons (Fsp3) is 0.412. The molecule has 0 fully saturated rings. The van der Waals surface area contributed by atoms with E-state index in [1.165, 1.54) is 0 Å². The first-order valence-electron chi connectivity index (χ1n) is 7.78. The number of likely N-dealkylation sites (N-methyl/N-ethyl adjacent to an activating group) is 1. The van der Waals surface area contributed by atoms with Gasteiger partial charge in [-0.3, -0.25) is 9.69 Å². The molecule has 1 N–H and O–H groups in total. The van der Waals surface area contributed by atoms with Crippen molar-refractivity contribution in [2.45, 2.75) is 26.3 Å². The zero-order chi connectivity index (χ0) is 17.5. The van der Waals surface area contributed by atoms with Crippen LogP contribution in [0.3, 0.4) is 0 Å². The fourth-order valence-electron chi connectivity index (χ4n) is 2.11. The highest BCUT2D eigenvalue weighted by Gasteiger charge is 2.18. The van der Waals surface area contributed by atoms with Crippen molar-refractivity contribution >= 4 is 23.3 Å². The molecule has 0 unspecified atom stereocenters. The Kier molecular flexibility index (Phi) is 6.63. The summed E-state index contributed by atoms with van der Waals surface area (Å²) in [5.74, 6) is 1.71. The van der Waals surface area contributed by atoms with Gasteiger partial charge >= 0.3 is 0 Å². The highest BCUT2D eigenvalue weighted by Crippen LogP contribution is 2.17. The van der Waals surface area contributed by atoms with Crippen LogP contribution in [-0.2, 0) is 4.79 Å². The van der Waals surface area contributed by atoms with E-state index in [2.05, 4.69) is 10.5 Å². The number of hydrogen-bond acceptors (Lipinski definition) is 5. The van der Waals surface area contributed by atoms with E-state index in [4.69, 9.17) is 20.9 Å². The Labute approximate surface area is 146 Å². The average molecular weight is 352 g/mol. The molecule has 0 bridgehead atoms. The van der Waals surface area contributed by atoms with Crippen LogP contribution in [0, 0.1) is 6.92 Å². The van der Waals surface area contributed by atoms with Gasteiger partial charge in [-0.2, -0.15) is 0 Å². The molecular formula is C17H22ClN3O3. The number of benzene rings is 1. The molecule has 1 aromatic carbocycles. The van der Waals surface area contributed by atoms with E-state index in [0.29, 0.717) is 23.2 Å². The summed E-state index contributed by atoms with van der Waals surface area (Å²) in [5.41, 5.74) is 0. The predicted molar refractivity (Wildman–Crippen MR) is 93.5 cm³/mol. The van der Waals surface area contributed by atoms with Crippen LogP contribution >= 0.6 is 11.6 Å². The zero-order valence-electron chi connectivity index (χ0n) is 14.1. The van der Waals surface area contributed by atoms with Crippen molar-refractivity contribution in [3.63, 3.8) is 0 Å². The lowest BCUT2D eigenvalue weighted by Gasteiger charge is -2.23. The summed E-state index contributed by atoms with van der Waals surface area (Å²) >= 11 is 5.91. The minimum Gasteiger partial charge on any atom is -0.493 e. The zero-order valence-corrected chi connectivity index (χ0v) is 14.8. The lowest BCUT2D eigenvalue weighted by molar-refractivity contribution is -0.120. The van der Waals surface area contributed by atoms with Crippen molar-refractivity contribution < 1.29 is 14.1 Å². The van der Waals surface area contributed by atoms with Gasteiger partial charge in [-0.1, -0.05) is 22.8 Å². The number of hydrogen-bond donors (Lipinski definition) is 1. The molecule has 1 amide bonds. The van der Waals surface area contributed by atoms with E-state index >= 15 is 0 Å². The highest BCUT2D eigenvalue weighted by atomic mass is 35.5. The summed E-state index contributed by atoms with van der Waals surface area (Å²) in [6.07, 6.45) is 0.795. The molecule has 0 saturated carbocycles. The Morgan fingerprint density at radius 2 is 2.25 bits per heavy atom. The quantitative estimate of drug-likeness (QED) is 0.738. The van der Waals surface area contributed by atoms with E-state index in [-0.39, 0.29) is 11.9 Å². The number of ether oxygens (including phenoxy) is 1. The average Bonchev–Trinajstić information content (AvgIpc) is 2.95. The summed E-state index contributed by atoms with van der Waals surface area (Å²) in [6, 6.07) is 8.70.